The predicted octanol–water partition coefficient (Wildman–Crippen LogP) is 2.84. The molecule has 0 aromatic rings. The fourth-order valence-electron chi connectivity index (χ4n) is 1.55. The topological polar surface area (TPSA) is 116 Å². The Morgan fingerprint density at radius 1 is 1.03 bits per heavy atom. The molecule has 30 heavy (non-hydrogen) atoms. The molecule has 0 aliphatic carbocycles. The fourth-order valence-corrected chi connectivity index (χ4v) is 2.03. The van der Waals surface area contributed by atoms with Crippen molar-refractivity contribution in [3.63, 3.8) is 0 Å². The molecule has 1 unspecified atom stereocenters. The van der Waals surface area contributed by atoms with E-state index in [2.05, 4.69) is 20.8 Å². The van der Waals surface area contributed by atoms with Gasteiger partial charge in [-0.15, -0.1) is 0 Å². The molecular weight excluding hydrogens is 461 g/mol. The summed E-state index contributed by atoms with van der Waals surface area (Å²) < 4.78 is 135. The van der Waals surface area contributed by atoms with E-state index in [1.807, 2.05) is 0 Å². The number of hydrogen-bond acceptors (Lipinski definition) is 7. The van der Waals surface area contributed by atoms with Crippen molar-refractivity contribution in [2.45, 2.75) is 49.8 Å². The van der Waals surface area contributed by atoms with Crippen LogP contribution in [0.2, 0.25) is 0 Å². The van der Waals surface area contributed by atoms with Gasteiger partial charge in [0.1, 0.15) is 0 Å². The molecule has 1 N–H and O–H groups in total. The zero-order valence-electron chi connectivity index (χ0n) is 15.4. The van der Waals surface area contributed by atoms with Crippen molar-refractivity contribution >= 4 is 22.1 Å². The van der Waals surface area contributed by atoms with Crippen LogP contribution in [0, 0.1) is 0 Å². The lowest BCUT2D eigenvalue weighted by molar-refractivity contribution is -0.357. The minimum absolute atomic E-state index is 0.0211. The van der Waals surface area contributed by atoms with Crippen LogP contribution in [-0.4, -0.2) is 61.3 Å². The molecule has 1 atom stereocenters. The number of carbonyl (C=O) groups excluding carboxylic acids is 2. The smallest absolute Gasteiger partial charge is 0.461 e. The van der Waals surface area contributed by atoms with E-state index in [0.717, 1.165) is 6.92 Å². The molecule has 0 aromatic heterocycles. The van der Waals surface area contributed by atoms with Gasteiger partial charge in [-0.2, -0.15) is 39.2 Å². The summed E-state index contributed by atoms with van der Waals surface area (Å²) in [6.45, 7) is 2.45. The van der Waals surface area contributed by atoms with E-state index in [9.17, 15) is 48.7 Å². The lowest BCUT2D eigenvalue weighted by atomic mass is 10.2. The monoisotopic (exact) mass is 478 g/mol. The SMILES string of the molecule is C=C(C)C(=O)OC(OCCC(F)(F)C(F)(F)S(=O)(=O)O)(C(=O)OCCC)C(F)(F)F. The van der Waals surface area contributed by atoms with Crippen LogP contribution in [0.5, 0.6) is 0 Å². The zero-order valence-corrected chi connectivity index (χ0v) is 16.2. The second kappa shape index (κ2) is 9.47. The van der Waals surface area contributed by atoms with Crippen LogP contribution < -0.4 is 0 Å². The minimum atomic E-state index is -6.66. The highest BCUT2D eigenvalue weighted by molar-refractivity contribution is 7.87. The van der Waals surface area contributed by atoms with Gasteiger partial charge in [-0.3, -0.25) is 4.55 Å². The fraction of sp³-hybridized carbons (Fsp3) is 0.714. The van der Waals surface area contributed by atoms with Gasteiger partial charge >= 0.3 is 45.2 Å². The third-order valence-electron chi connectivity index (χ3n) is 3.14. The molecule has 0 heterocycles. The second-order valence-electron chi connectivity index (χ2n) is 5.71. The minimum Gasteiger partial charge on any atom is -0.461 e. The summed E-state index contributed by atoms with van der Waals surface area (Å²) in [6.07, 6.45) is -8.40. The normalized spacial score (nSPS) is 15.3. The van der Waals surface area contributed by atoms with Gasteiger partial charge in [0.2, 0.25) is 0 Å². The van der Waals surface area contributed by atoms with Gasteiger partial charge in [-0.1, -0.05) is 13.5 Å². The lowest BCUT2D eigenvalue weighted by Crippen LogP contribution is -2.59. The van der Waals surface area contributed by atoms with E-state index in [1.54, 1.807) is 0 Å². The molecule has 0 rings (SSSR count). The summed E-state index contributed by atoms with van der Waals surface area (Å²) in [5, 5.41) is -6.10. The Hall–Kier alpha value is -1.94. The van der Waals surface area contributed by atoms with E-state index >= 15 is 0 Å². The van der Waals surface area contributed by atoms with Gasteiger partial charge in [0, 0.05) is 12.0 Å². The first-order chi connectivity index (χ1) is 13.3. The Bertz CT molecular complexity index is 763. The number of rotatable bonds is 11. The Kier molecular flexibility index (Phi) is 8.85. The third-order valence-corrected chi connectivity index (χ3v) is 4.08. The summed E-state index contributed by atoms with van der Waals surface area (Å²) >= 11 is 0. The third kappa shape index (κ3) is 6.04. The van der Waals surface area contributed by atoms with Crippen LogP contribution in [0.25, 0.3) is 0 Å². The van der Waals surface area contributed by atoms with Crippen LogP contribution >= 0.6 is 0 Å². The molecule has 0 aliphatic rings. The molecular formula is C14H17F7O8S. The average Bonchev–Trinajstić information content (AvgIpc) is 2.55. The molecule has 0 amide bonds. The molecule has 0 radical (unpaired) electrons. The number of alkyl halides is 7. The van der Waals surface area contributed by atoms with Crippen molar-refractivity contribution in [3.8, 4) is 0 Å². The summed E-state index contributed by atoms with van der Waals surface area (Å²) in [4.78, 5) is 23.4. The summed E-state index contributed by atoms with van der Waals surface area (Å²) in [7, 11) is -6.66. The quantitative estimate of drug-likeness (QED) is 0.159. The summed E-state index contributed by atoms with van der Waals surface area (Å²) in [5.41, 5.74) is -0.682. The number of ether oxygens (including phenoxy) is 3. The maximum Gasteiger partial charge on any atom is 0.468 e. The van der Waals surface area contributed by atoms with Crippen LogP contribution in [0.15, 0.2) is 12.2 Å². The molecule has 0 saturated carbocycles. The van der Waals surface area contributed by atoms with E-state index < -0.39 is 70.4 Å². The Morgan fingerprint density at radius 2 is 1.53 bits per heavy atom. The summed E-state index contributed by atoms with van der Waals surface area (Å²) in [6, 6.07) is 0. The molecule has 0 fully saturated rings. The van der Waals surface area contributed by atoms with Gasteiger partial charge in [-0.05, 0) is 13.3 Å². The summed E-state index contributed by atoms with van der Waals surface area (Å²) in [5.74, 6) is -14.5. The molecule has 176 valence electrons. The van der Waals surface area contributed by atoms with Crippen molar-refractivity contribution in [1.29, 1.82) is 0 Å². The highest BCUT2D eigenvalue weighted by atomic mass is 32.2. The van der Waals surface area contributed by atoms with Crippen molar-refractivity contribution in [3.05, 3.63) is 12.2 Å². The Morgan fingerprint density at radius 3 is 1.90 bits per heavy atom. The van der Waals surface area contributed by atoms with Crippen molar-refractivity contribution in [1.82, 2.24) is 0 Å². The molecule has 0 bridgehead atoms. The average molecular weight is 478 g/mol. The molecule has 8 nitrogen and oxygen atoms in total. The number of esters is 2. The molecule has 0 spiro atoms. The highest BCUT2D eigenvalue weighted by Crippen LogP contribution is 2.42. The first kappa shape index (κ1) is 28.1. The largest absolute Gasteiger partial charge is 0.468 e. The van der Waals surface area contributed by atoms with Crippen molar-refractivity contribution < 1.29 is 67.5 Å². The van der Waals surface area contributed by atoms with E-state index in [4.69, 9.17) is 4.55 Å². The lowest BCUT2D eigenvalue weighted by Gasteiger charge is -2.33. The van der Waals surface area contributed by atoms with Crippen LogP contribution in [-0.2, 0) is 33.9 Å². The van der Waals surface area contributed by atoms with Gasteiger partial charge in [0.25, 0.3) is 0 Å². The van der Waals surface area contributed by atoms with Crippen molar-refractivity contribution in [2.75, 3.05) is 13.2 Å². The van der Waals surface area contributed by atoms with E-state index in [1.165, 1.54) is 6.92 Å². The first-order valence-electron chi connectivity index (χ1n) is 7.76. The van der Waals surface area contributed by atoms with Gasteiger partial charge in [0.15, 0.2) is 0 Å². The number of carbonyl (C=O) groups is 2. The van der Waals surface area contributed by atoms with Crippen LogP contribution in [0.4, 0.5) is 30.7 Å². The van der Waals surface area contributed by atoms with Gasteiger partial charge < -0.3 is 14.2 Å². The standard InChI is InChI=1S/C14H17F7O8S/c1-4-6-27-10(23)12(13(17,18)19,29-9(22)8(2)3)28-7-5-11(15,16)14(20,21)30(24,25)26/h2,4-7H2,1,3H3,(H,24,25,26). The number of halogens is 7. The van der Waals surface area contributed by atoms with E-state index in [0.29, 0.717) is 0 Å². The maximum absolute atomic E-state index is 13.5. The van der Waals surface area contributed by atoms with Crippen molar-refractivity contribution in [2.24, 2.45) is 0 Å². The zero-order chi connectivity index (χ0) is 24.2. The van der Waals surface area contributed by atoms with Crippen LogP contribution in [0.3, 0.4) is 0 Å². The van der Waals surface area contributed by atoms with Gasteiger partial charge in [-0.25, -0.2) is 9.59 Å². The number of hydrogen-bond donors (Lipinski definition) is 1. The molecule has 0 saturated heterocycles. The van der Waals surface area contributed by atoms with Crippen LogP contribution in [0.1, 0.15) is 26.7 Å². The maximum atomic E-state index is 13.5. The molecule has 0 aliphatic heterocycles. The second-order valence-corrected chi connectivity index (χ2v) is 7.18. The predicted molar refractivity (Wildman–Crippen MR) is 83.0 cm³/mol. The molecule has 0 aromatic carbocycles. The van der Waals surface area contributed by atoms with Gasteiger partial charge in [0.05, 0.1) is 13.2 Å². The van der Waals surface area contributed by atoms with E-state index in [-0.39, 0.29) is 6.42 Å². The highest BCUT2D eigenvalue weighted by Gasteiger charge is 2.69. The first-order valence-corrected chi connectivity index (χ1v) is 9.20. The Labute approximate surface area is 165 Å². The Balaban J connectivity index is 5.97. The molecule has 16 heteroatoms.